The second-order valence-corrected chi connectivity index (χ2v) is 8.21. The maximum Gasteiger partial charge on any atom is 0.122 e. The van der Waals surface area contributed by atoms with Crippen LogP contribution in [0.25, 0.3) is 10.9 Å². The number of ether oxygens (including phenoxy) is 1. The number of nitrogens with zero attached hydrogens (tertiary/aromatic N) is 3. The summed E-state index contributed by atoms with van der Waals surface area (Å²) in [7, 11) is 0. The van der Waals surface area contributed by atoms with E-state index in [4.69, 9.17) is 15.0 Å². The van der Waals surface area contributed by atoms with E-state index in [0.29, 0.717) is 24.1 Å². The number of rotatable bonds is 5. The summed E-state index contributed by atoms with van der Waals surface area (Å²) in [5.41, 5.74) is 5.01. The van der Waals surface area contributed by atoms with Crippen molar-refractivity contribution in [3.05, 3.63) is 65.4 Å². The fourth-order valence-electron chi connectivity index (χ4n) is 4.27. The molecule has 29 heavy (non-hydrogen) atoms. The van der Waals surface area contributed by atoms with E-state index >= 15 is 0 Å². The molecule has 1 aromatic heterocycles. The smallest absolute Gasteiger partial charge is 0.122 e. The highest BCUT2D eigenvalue weighted by molar-refractivity contribution is 5.93. The van der Waals surface area contributed by atoms with Gasteiger partial charge in [0, 0.05) is 35.4 Å². The first-order valence-electron chi connectivity index (χ1n) is 10.3. The van der Waals surface area contributed by atoms with Crippen molar-refractivity contribution in [2.45, 2.75) is 46.3 Å². The third-order valence-corrected chi connectivity index (χ3v) is 5.75. The van der Waals surface area contributed by atoms with Crippen molar-refractivity contribution >= 4 is 16.6 Å². The molecule has 0 N–H and O–H groups in total. The van der Waals surface area contributed by atoms with Crippen LogP contribution in [0.2, 0.25) is 0 Å². The minimum absolute atomic E-state index is 0.470. The number of fused-ring (bicyclic) bond motifs is 1. The molecule has 1 aliphatic heterocycles. The van der Waals surface area contributed by atoms with E-state index in [2.05, 4.69) is 43.9 Å². The van der Waals surface area contributed by atoms with Crippen molar-refractivity contribution < 1.29 is 4.74 Å². The van der Waals surface area contributed by atoms with E-state index in [1.807, 2.05) is 36.4 Å². The molecule has 2 aromatic carbocycles. The lowest BCUT2D eigenvalue weighted by Crippen LogP contribution is -2.33. The zero-order chi connectivity index (χ0) is 20.4. The van der Waals surface area contributed by atoms with Gasteiger partial charge in [0.2, 0.25) is 0 Å². The van der Waals surface area contributed by atoms with Crippen molar-refractivity contribution in [1.82, 2.24) is 4.98 Å². The Balaban J connectivity index is 1.60. The molecular formula is C25H27N3O. The highest BCUT2D eigenvalue weighted by atomic mass is 16.5. The predicted molar refractivity (Wildman–Crippen MR) is 117 cm³/mol. The largest absolute Gasteiger partial charge is 0.489 e. The van der Waals surface area contributed by atoms with Crippen molar-refractivity contribution in [2.24, 2.45) is 5.92 Å². The Kier molecular flexibility index (Phi) is 5.40. The number of benzene rings is 2. The Morgan fingerprint density at radius 2 is 1.97 bits per heavy atom. The summed E-state index contributed by atoms with van der Waals surface area (Å²) in [5, 5.41) is 10.1. The predicted octanol–water partition coefficient (Wildman–Crippen LogP) is 5.62. The molecule has 148 valence electrons. The lowest BCUT2D eigenvalue weighted by molar-refractivity contribution is 0.306. The lowest BCUT2D eigenvalue weighted by atomic mass is 10.0. The van der Waals surface area contributed by atoms with Crippen molar-refractivity contribution in [3.8, 4) is 11.8 Å². The molecule has 4 heteroatoms. The molecule has 0 aliphatic carbocycles. The Labute approximate surface area is 172 Å². The van der Waals surface area contributed by atoms with Gasteiger partial charge in [-0.2, -0.15) is 5.26 Å². The second kappa shape index (κ2) is 8.13. The zero-order valence-electron chi connectivity index (χ0n) is 17.4. The molecule has 1 aliphatic rings. The van der Waals surface area contributed by atoms with Crippen LogP contribution in [0.4, 0.5) is 5.69 Å². The highest BCUT2D eigenvalue weighted by Gasteiger charge is 2.28. The van der Waals surface area contributed by atoms with Gasteiger partial charge in [-0.05, 0) is 61.6 Å². The minimum atomic E-state index is 0.470. The Morgan fingerprint density at radius 1 is 1.17 bits per heavy atom. The summed E-state index contributed by atoms with van der Waals surface area (Å²) in [5.74, 6) is 1.45. The molecular weight excluding hydrogens is 358 g/mol. The summed E-state index contributed by atoms with van der Waals surface area (Å²) in [6.45, 7) is 8.27. The van der Waals surface area contributed by atoms with E-state index in [9.17, 15) is 0 Å². The van der Waals surface area contributed by atoms with E-state index in [-0.39, 0.29) is 0 Å². The van der Waals surface area contributed by atoms with Gasteiger partial charge in [-0.15, -0.1) is 0 Å². The quantitative estimate of drug-likeness (QED) is 0.572. The molecule has 4 nitrogen and oxygen atoms in total. The van der Waals surface area contributed by atoms with Gasteiger partial charge in [0.25, 0.3) is 0 Å². The fraction of sp³-hybridized carbons (Fsp3) is 0.360. The normalized spacial score (nSPS) is 16.4. The molecule has 0 amide bonds. The van der Waals surface area contributed by atoms with Gasteiger partial charge in [-0.25, -0.2) is 0 Å². The molecule has 0 bridgehead atoms. The highest BCUT2D eigenvalue weighted by Crippen LogP contribution is 2.36. The first-order chi connectivity index (χ1) is 14.0. The van der Waals surface area contributed by atoms with Crippen LogP contribution < -0.4 is 9.64 Å². The van der Waals surface area contributed by atoms with Gasteiger partial charge in [0.05, 0.1) is 17.1 Å². The third-order valence-electron chi connectivity index (χ3n) is 5.75. The van der Waals surface area contributed by atoms with E-state index in [1.165, 1.54) is 23.9 Å². The van der Waals surface area contributed by atoms with Crippen molar-refractivity contribution in [3.63, 3.8) is 0 Å². The zero-order valence-corrected chi connectivity index (χ0v) is 17.4. The van der Waals surface area contributed by atoms with E-state index < -0.39 is 0 Å². The second-order valence-electron chi connectivity index (χ2n) is 8.21. The van der Waals surface area contributed by atoms with Crippen LogP contribution in [0.1, 0.15) is 43.5 Å². The van der Waals surface area contributed by atoms with Crippen LogP contribution in [0.3, 0.4) is 0 Å². The summed E-state index contributed by atoms with van der Waals surface area (Å²) in [6.07, 6.45) is 2.50. The average molecular weight is 386 g/mol. The van der Waals surface area contributed by atoms with Crippen LogP contribution in [0.5, 0.6) is 5.75 Å². The SMILES string of the molecule is Cc1cc(N2CCCC2C(C)C)c2ccc(OCc3ccc(C#N)cc3)cc2n1. The number of pyridine rings is 1. The van der Waals surface area contributed by atoms with Gasteiger partial charge in [-0.1, -0.05) is 26.0 Å². The average Bonchev–Trinajstić information content (AvgIpc) is 3.22. The summed E-state index contributed by atoms with van der Waals surface area (Å²) in [6, 6.07) is 18.7. The standard InChI is InChI=1S/C25H27N3O/c1-17(2)24-5-4-12-28(24)25-13-18(3)27-23-14-21(10-11-22(23)25)29-16-20-8-6-19(15-26)7-9-20/h6-11,13-14,17,24H,4-5,12,16H2,1-3H3. The van der Waals surface area contributed by atoms with Crippen LogP contribution >= 0.6 is 0 Å². The Bertz CT molecular complexity index is 1050. The van der Waals surface area contributed by atoms with E-state index in [1.54, 1.807) is 0 Å². The molecule has 1 fully saturated rings. The minimum Gasteiger partial charge on any atom is -0.489 e. The maximum absolute atomic E-state index is 8.92. The molecule has 1 unspecified atom stereocenters. The lowest BCUT2D eigenvalue weighted by Gasteiger charge is -2.31. The van der Waals surface area contributed by atoms with Gasteiger partial charge in [0.15, 0.2) is 0 Å². The van der Waals surface area contributed by atoms with Crippen LogP contribution in [-0.4, -0.2) is 17.6 Å². The van der Waals surface area contributed by atoms with Crippen molar-refractivity contribution in [2.75, 3.05) is 11.4 Å². The number of hydrogen-bond donors (Lipinski definition) is 0. The molecule has 3 aromatic rings. The molecule has 0 radical (unpaired) electrons. The Morgan fingerprint density at radius 3 is 2.69 bits per heavy atom. The number of aryl methyl sites for hydroxylation is 1. The maximum atomic E-state index is 8.92. The molecule has 1 saturated heterocycles. The Hall–Kier alpha value is -3.06. The number of nitriles is 1. The number of hydrogen-bond acceptors (Lipinski definition) is 4. The van der Waals surface area contributed by atoms with Gasteiger partial charge >= 0.3 is 0 Å². The monoisotopic (exact) mass is 385 g/mol. The summed E-state index contributed by atoms with van der Waals surface area (Å²) >= 11 is 0. The van der Waals surface area contributed by atoms with Crippen molar-refractivity contribution in [1.29, 1.82) is 5.26 Å². The molecule has 0 saturated carbocycles. The molecule has 4 rings (SSSR count). The molecule has 1 atom stereocenters. The number of anilines is 1. The first kappa shape index (κ1) is 19.3. The molecule has 0 spiro atoms. The van der Waals surface area contributed by atoms with Crippen LogP contribution in [0.15, 0.2) is 48.5 Å². The van der Waals surface area contributed by atoms with Crippen LogP contribution in [-0.2, 0) is 6.61 Å². The van der Waals surface area contributed by atoms with Gasteiger partial charge in [0.1, 0.15) is 12.4 Å². The topological polar surface area (TPSA) is 49.1 Å². The summed E-state index contributed by atoms with van der Waals surface area (Å²) < 4.78 is 6.00. The van der Waals surface area contributed by atoms with Gasteiger partial charge in [-0.3, -0.25) is 4.98 Å². The molecule has 2 heterocycles. The number of aromatic nitrogens is 1. The van der Waals surface area contributed by atoms with Gasteiger partial charge < -0.3 is 9.64 Å². The fourth-order valence-corrected chi connectivity index (χ4v) is 4.27. The van der Waals surface area contributed by atoms with E-state index in [0.717, 1.165) is 29.1 Å². The first-order valence-corrected chi connectivity index (χ1v) is 10.3. The summed E-state index contributed by atoms with van der Waals surface area (Å²) in [4.78, 5) is 7.34. The third kappa shape index (κ3) is 4.05. The van der Waals surface area contributed by atoms with Crippen LogP contribution in [0, 0.1) is 24.2 Å².